The Labute approximate surface area is 98.1 Å². The average Bonchev–Trinajstić information content (AvgIpc) is 0. The second-order valence-electron chi connectivity index (χ2n) is 0. The molecule has 0 aromatic rings. The summed E-state index contributed by atoms with van der Waals surface area (Å²) in [6.45, 7) is 0. The minimum absolute atomic E-state index is 0. The molecule has 0 aromatic heterocycles. The topological polar surface area (TPSA) is 0 Å². The van der Waals surface area contributed by atoms with Gasteiger partial charge in [-0.2, -0.15) is 0 Å². The minimum Gasteiger partial charge on any atom is -0.358 e. The van der Waals surface area contributed by atoms with Gasteiger partial charge in [-0.05, 0) is 0 Å². The number of hydrogen-bond donors (Lipinski definition) is 0. The largest absolute Gasteiger partial charge is 3.00 e. The van der Waals surface area contributed by atoms with Crippen LogP contribution in [0.2, 0.25) is 0 Å². The Morgan fingerprint density at radius 1 is 0.400 bits per heavy atom. The molecule has 0 saturated heterocycles. The Morgan fingerprint density at radius 3 is 0.400 bits per heavy atom. The molecule has 0 aliphatic heterocycles. The Kier molecular flexibility index (Phi) is 42800. The van der Waals surface area contributed by atoms with Crippen LogP contribution < -0.4 is 0 Å². The van der Waals surface area contributed by atoms with E-state index < -0.39 is 0 Å². The first-order valence-electron chi connectivity index (χ1n) is 0. The second-order valence-corrected chi connectivity index (χ2v) is 0. The summed E-state index contributed by atoms with van der Waals surface area (Å²) in [4.78, 5) is 0. The molecule has 0 rings (SSSR count). The Bertz CT molecular complexity index is 7.22. The van der Waals surface area contributed by atoms with Crippen LogP contribution >= 0.6 is 0 Å². The van der Waals surface area contributed by atoms with Crippen molar-refractivity contribution in [3.05, 3.63) is 37.1 Å². The third-order valence-electron chi connectivity index (χ3n) is 0. The van der Waals surface area contributed by atoms with Gasteiger partial charge in [0.1, 0.15) is 0 Å². The van der Waals surface area contributed by atoms with Gasteiger partial charge in [-0.15, -0.1) is 0 Å². The molecule has 0 unspecified atom stereocenters. The SMILES string of the molecule is C.C.C.[CH3-].[CH3-].[CH3-].[CH3-].[CH3-].[Ru+2].[Ru+3]. The normalized spacial score (nSPS) is 0. The maximum atomic E-state index is 0. The molecule has 2 heteroatoms. The van der Waals surface area contributed by atoms with Crippen molar-refractivity contribution in [3.8, 4) is 0 Å². The van der Waals surface area contributed by atoms with Gasteiger partial charge in [0, 0.05) is 0 Å². The first kappa shape index (κ1) is 760. The molecule has 0 saturated carbocycles. The van der Waals surface area contributed by atoms with E-state index in [-0.39, 0.29) is 98.4 Å². The van der Waals surface area contributed by atoms with Gasteiger partial charge in [0.25, 0.3) is 0 Å². The van der Waals surface area contributed by atoms with Gasteiger partial charge in [0.15, 0.2) is 0 Å². The van der Waals surface area contributed by atoms with Crippen LogP contribution in [-0.4, -0.2) is 0 Å². The maximum Gasteiger partial charge on any atom is 3.00 e. The third kappa shape index (κ3) is 405. The van der Waals surface area contributed by atoms with Crippen molar-refractivity contribution in [1.82, 2.24) is 0 Å². The molecular formula is C8H27Ru2. The Morgan fingerprint density at radius 2 is 0.400 bits per heavy atom. The van der Waals surface area contributed by atoms with Crippen LogP contribution in [0.25, 0.3) is 0 Å². The number of rotatable bonds is 0. The summed E-state index contributed by atoms with van der Waals surface area (Å²) in [7, 11) is 0. The van der Waals surface area contributed by atoms with E-state index in [0.717, 1.165) is 0 Å². The summed E-state index contributed by atoms with van der Waals surface area (Å²) >= 11 is 0. The maximum absolute atomic E-state index is 0. The zero-order valence-corrected chi connectivity index (χ0v) is 9.18. The molecule has 0 aliphatic carbocycles. The van der Waals surface area contributed by atoms with Gasteiger partial charge in [-0.25, -0.2) is 0 Å². The smallest absolute Gasteiger partial charge is 0.358 e. The fraction of sp³-hybridized carbons (Fsp3) is 0.375. The van der Waals surface area contributed by atoms with Gasteiger partial charge >= 0.3 is 39.0 Å². The summed E-state index contributed by atoms with van der Waals surface area (Å²) in [5.74, 6) is 0. The van der Waals surface area contributed by atoms with Crippen LogP contribution in [0.5, 0.6) is 0 Å². The predicted octanol–water partition coefficient (Wildman–Crippen LogP) is 4.15. The van der Waals surface area contributed by atoms with Crippen LogP contribution in [0.3, 0.4) is 0 Å². The average molecular weight is 325 g/mol. The summed E-state index contributed by atoms with van der Waals surface area (Å²) in [5, 5.41) is 0. The molecule has 0 heterocycles. The standard InChI is InChI=1S/3CH4.5CH3.2Ru/h3*1H4;5*1H3;;/q;;;5*-1;+2;+3. The van der Waals surface area contributed by atoms with Crippen molar-refractivity contribution in [2.75, 3.05) is 0 Å². The molecule has 75 valence electrons. The van der Waals surface area contributed by atoms with E-state index in [1.165, 1.54) is 0 Å². The molecule has 0 atom stereocenters. The van der Waals surface area contributed by atoms with Crippen molar-refractivity contribution in [3.63, 3.8) is 0 Å². The van der Waals surface area contributed by atoms with Crippen LogP contribution in [-0.2, 0) is 39.0 Å². The van der Waals surface area contributed by atoms with Gasteiger partial charge in [-0.1, -0.05) is 22.3 Å². The van der Waals surface area contributed by atoms with Crippen LogP contribution in [0.15, 0.2) is 0 Å². The predicted molar refractivity (Wildman–Crippen MR) is 52.3 cm³/mol. The summed E-state index contributed by atoms with van der Waals surface area (Å²) in [5.41, 5.74) is 0. The van der Waals surface area contributed by atoms with Gasteiger partial charge in [0.2, 0.25) is 0 Å². The second kappa shape index (κ2) is 564. The van der Waals surface area contributed by atoms with E-state index in [0.29, 0.717) is 0 Å². The first-order chi connectivity index (χ1) is 0. The van der Waals surface area contributed by atoms with Crippen LogP contribution in [0.1, 0.15) is 22.3 Å². The molecule has 0 aliphatic rings. The third-order valence-corrected chi connectivity index (χ3v) is 0. The van der Waals surface area contributed by atoms with Gasteiger partial charge in [-0.3, -0.25) is 0 Å². The molecule has 10 heavy (non-hydrogen) atoms. The molecule has 0 fully saturated rings. The summed E-state index contributed by atoms with van der Waals surface area (Å²) < 4.78 is 0. The fourth-order valence-corrected chi connectivity index (χ4v) is 0. The molecule has 0 bridgehead atoms. The molecule has 0 amide bonds. The minimum atomic E-state index is 0. The van der Waals surface area contributed by atoms with Crippen molar-refractivity contribution in [1.29, 1.82) is 0 Å². The zero-order chi connectivity index (χ0) is 0. The molecule has 0 aromatic carbocycles. The fourth-order valence-electron chi connectivity index (χ4n) is 0. The Balaban J connectivity index is 0. The quantitative estimate of drug-likeness (QED) is 0.463. The zero-order valence-electron chi connectivity index (χ0n) is 5.71. The van der Waals surface area contributed by atoms with Crippen LogP contribution in [0, 0.1) is 37.1 Å². The van der Waals surface area contributed by atoms with E-state index in [2.05, 4.69) is 0 Å². The van der Waals surface area contributed by atoms with Crippen molar-refractivity contribution >= 4 is 0 Å². The van der Waals surface area contributed by atoms with Crippen molar-refractivity contribution < 1.29 is 39.0 Å². The first-order valence-corrected chi connectivity index (χ1v) is 0. The van der Waals surface area contributed by atoms with Crippen LogP contribution in [0.4, 0.5) is 0 Å². The van der Waals surface area contributed by atoms with Gasteiger partial charge in [0.05, 0.1) is 0 Å². The molecule has 1 radical (unpaired) electrons. The monoisotopic (exact) mass is 327 g/mol. The van der Waals surface area contributed by atoms with E-state index in [4.69, 9.17) is 0 Å². The molecular weight excluding hydrogens is 298 g/mol. The summed E-state index contributed by atoms with van der Waals surface area (Å²) in [6.07, 6.45) is 0. The number of hydrogen-bond acceptors (Lipinski definition) is 0. The van der Waals surface area contributed by atoms with E-state index in [1.807, 2.05) is 0 Å². The van der Waals surface area contributed by atoms with Crippen molar-refractivity contribution in [2.24, 2.45) is 0 Å². The van der Waals surface area contributed by atoms with E-state index in [1.54, 1.807) is 0 Å². The molecule has 0 nitrogen and oxygen atoms in total. The van der Waals surface area contributed by atoms with Gasteiger partial charge < -0.3 is 37.1 Å². The van der Waals surface area contributed by atoms with E-state index >= 15 is 0 Å². The van der Waals surface area contributed by atoms with Crippen molar-refractivity contribution in [2.45, 2.75) is 22.3 Å². The summed E-state index contributed by atoms with van der Waals surface area (Å²) in [6, 6.07) is 0. The van der Waals surface area contributed by atoms with E-state index in [9.17, 15) is 0 Å². The molecule has 0 spiro atoms. The molecule has 0 N–H and O–H groups in total. The Hall–Kier alpha value is 1.25.